The highest BCUT2D eigenvalue weighted by Gasteiger charge is 2.32. The molecule has 0 bridgehead atoms. The SMILES string of the molecule is CCc1c(N2CCN(C(=O)c3nccc(Cl)c3O)CC2)c(=O)n2nc(Br)nc2n1CC(=O)Nc1ccc(C(F)(F)F)cc1Cl. The number of alkyl halides is 3. The van der Waals surface area contributed by atoms with Gasteiger partial charge in [0.05, 0.1) is 27.0 Å². The molecule has 0 spiro atoms. The molecule has 1 saturated heterocycles. The van der Waals surface area contributed by atoms with Crippen LogP contribution >= 0.6 is 39.1 Å². The van der Waals surface area contributed by atoms with Crippen LogP contribution in [0.15, 0.2) is 40.0 Å². The molecule has 2 N–H and O–H groups in total. The Kier molecular flexibility index (Phi) is 8.77. The lowest BCUT2D eigenvalue weighted by atomic mass is 10.2. The zero-order valence-electron chi connectivity index (χ0n) is 22.7. The molecule has 1 fully saturated rings. The second kappa shape index (κ2) is 12.2. The molecule has 0 radical (unpaired) electrons. The molecule has 0 unspecified atom stereocenters. The quantitative estimate of drug-likeness (QED) is 0.302. The van der Waals surface area contributed by atoms with Crippen LogP contribution in [0.2, 0.25) is 10.0 Å². The lowest BCUT2D eigenvalue weighted by Crippen LogP contribution is -2.51. The van der Waals surface area contributed by atoms with Crippen LogP contribution in [0, 0.1) is 0 Å². The Labute approximate surface area is 265 Å². The van der Waals surface area contributed by atoms with Crippen LogP contribution in [-0.2, 0) is 23.9 Å². The summed E-state index contributed by atoms with van der Waals surface area (Å²) in [4.78, 5) is 51.3. The average Bonchev–Trinajstić information content (AvgIpc) is 3.38. The van der Waals surface area contributed by atoms with E-state index in [9.17, 15) is 32.7 Å². The van der Waals surface area contributed by atoms with Gasteiger partial charge in [0.2, 0.25) is 16.4 Å². The maximum Gasteiger partial charge on any atom is 0.416 e. The fourth-order valence-electron chi connectivity index (χ4n) is 4.90. The number of aromatic nitrogens is 5. The highest BCUT2D eigenvalue weighted by atomic mass is 79.9. The van der Waals surface area contributed by atoms with Crippen molar-refractivity contribution >= 4 is 68.1 Å². The van der Waals surface area contributed by atoms with Crippen molar-refractivity contribution in [2.45, 2.75) is 26.1 Å². The Morgan fingerprint density at radius 3 is 2.45 bits per heavy atom. The van der Waals surface area contributed by atoms with Crippen LogP contribution in [0.5, 0.6) is 5.75 Å². The van der Waals surface area contributed by atoms with E-state index in [2.05, 4.69) is 36.3 Å². The summed E-state index contributed by atoms with van der Waals surface area (Å²) in [6.07, 6.45) is -3.00. The van der Waals surface area contributed by atoms with E-state index < -0.39 is 34.9 Å². The van der Waals surface area contributed by atoms with Crippen molar-refractivity contribution in [1.29, 1.82) is 0 Å². The monoisotopic (exact) mass is 716 g/mol. The molecule has 0 aliphatic carbocycles. The summed E-state index contributed by atoms with van der Waals surface area (Å²) >= 11 is 15.1. The first-order chi connectivity index (χ1) is 20.8. The van der Waals surface area contributed by atoms with Gasteiger partial charge in [0.1, 0.15) is 12.2 Å². The van der Waals surface area contributed by atoms with Gasteiger partial charge >= 0.3 is 6.18 Å². The first kappa shape index (κ1) is 31.5. The Morgan fingerprint density at radius 1 is 1.11 bits per heavy atom. The van der Waals surface area contributed by atoms with Crippen molar-refractivity contribution in [2.75, 3.05) is 36.4 Å². The molecule has 4 aromatic rings. The molecule has 44 heavy (non-hydrogen) atoms. The topological polar surface area (TPSA) is 138 Å². The molecule has 0 atom stereocenters. The normalized spacial score (nSPS) is 13.9. The van der Waals surface area contributed by atoms with Gasteiger partial charge in [-0.15, -0.1) is 5.10 Å². The number of benzene rings is 1. The maximum absolute atomic E-state index is 13.7. The number of aromatic hydroxyl groups is 1. The fourth-order valence-corrected chi connectivity index (χ4v) is 5.59. The van der Waals surface area contributed by atoms with Crippen molar-refractivity contribution in [3.8, 4) is 5.75 Å². The second-order valence-electron chi connectivity index (χ2n) is 9.64. The van der Waals surface area contributed by atoms with E-state index in [4.69, 9.17) is 23.2 Å². The number of rotatable bonds is 6. The summed E-state index contributed by atoms with van der Waals surface area (Å²) in [7, 11) is 0. The molecular weight excluding hydrogens is 696 g/mol. The summed E-state index contributed by atoms with van der Waals surface area (Å²) in [6, 6.07) is 3.94. The Balaban J connectivity index is 1.43. The van der Waals surface area contributed by atoms with Crippen LogP contribution in [-0.4, -0.2) is 72.1 Å². The summed E-state index contributed by atoms with van der Waals surface area (Å²) in [5.41, 5.74) is -0.972. The van der Waals surface area contributed by atoms with E-state index in [1.807, 2.05) is 0 Å². The number of carbonyl (C=O) groups is 2. The van der Waals surface area contributed by atoms with Crippen molar-refractivity contribution in [3.05, 3.63) is 72.5 Å². The van der Waals surface area contributed by atoms with Crippen LogP contribution in [0.3, 0.4) is 0 Å². The number of nitrogens with one attached hydrogen (secondary N) is 1. The van der Waals surface area contributed by atoms with Crippen molar-refractivity contribution < 1.29 is 27.9 Å². The Bertz CT molecular complexity index is 1840. The molecule has 1 aromatic carbocycles. The Hall–Kier alpha value is -3.89. The molecule has 232 valence electrons. The fraction of sp³-hybridized carbons (Fsp3) is 0.308. The number of hydrogen-bond acceptors (Lipinski definition) is 8. The zero-order valence-corrected chi connectivity index (χ0v) is 25.8. The summed E-state index contributed by atoms with van der Waals surface area (Å²) < 4.78 is 41.8. The van der Waals surface area contributed by atoms with Gasteiger partial charge in [0.25, 0.3) is 11.5 Å². The van der Waals surface area contributed by atoms with Gasteiger partial charge < -0.3 is 24.8 Å². The molecule has 12 nitrogen and oxygen atoms in total. The van der Waals surface area contributed by atoms with E-state index in [0.29, 0.717) is 18.2 Å². The Morgan fingerprint density at radius 2 is 1.82 bits per heavy atom. The third-order valence-electron chi connectivity index (χ3n) is 6.97. The van der Waals surface area contributed by atoms with Gasteiger partial charge in [-0.3, -0.25) is 14.4 Å². The van der Waals surface area contributed by atoms with Crippen LogP contribution in [0.4, 0.5) is 24.5 Å². The van der Waals surface area contributed by atoms with Gasteiger partial charge in [-0.25, -0.2) is 4.98 Å². The lowest BCUT2D eigenvalue weighted by molar-refractivity contribution is -0.137. The molecule has 4 heterocycles. The summed E-state index contributed by atoms with van der Waals surface area (Å²) in [5.74, 6) is -1.52. The first-order valence-electron chi connectivity index (χ1n) is 13.0. The third-order valence-corrected chi connectivity index (χ3v) is 7.92. The largest absolute Gasteiger partial charge is 0.504 e. The van der Waals surface area contributed by atoms with Gasteiger partial charge in [0, 0.05) is 32.4 Å². The molecule has 0 saturated carbocycles. The number of hydrogen-bond donors (Lipinski definition) is 2. The minimum Gasteiger partial charge on any atom is -0.504 e. The molecule has 2 amide bonds. The second-order valence-corrected chi connectivity index (χ2v) is 11.2. The molecule has 18 heteroatoms. The first-order valence-corrected chi connectivity index (χ1v) is 14.6. The van der Waals surface area contributed by atoms with Crippen LogP contribution < -0.4 is 15.8 Å². The third kappa shape index (κ3) is 6.05. The number of nitrogens with zero attached hydrogens (tertiary/aromatic N) is 7. The van der Waals surface area contributed by atoms with E-state index in [0.717, 1.165) is 16.6 Å². The molecule has 5 rings (SSSR count). The lowest BCUT2D eigenvalue weighted by Gasteiger charge is -2.36. The number of anilines is 2. The van der Waals surface area contributed by atoms with E-state index >= 15 is 0 Å². The standard InChI is InChI=1S/C26H22BrCl2F3N8O4/c1-2-17-20(37-7-9-38(10-8-37)22(43)19-21(42)14(28)5-6-33-19)23(44)40-25(35-24(27)36-40)39(17)12-18(41)34-16-4-3-13(11-15(16)29)26(30,31)32/h3-6,11,42H,2,7-10,12H2,1H3,(H,34,41). The number of fused-ring (bicyclic) bond motifs is 1. The number of carbonyl (C=O) groups excluding carboxylic acids is 2. The molecule has 1 aliphatic rings. The van der Waals surface area contributed by atoms with Gasteiger partial charge in [-0.05, 0) is 46.6 Å². The smallest absolute Gasteiger partial charge is 0.416 e. The van der Waals surface area contributed by atoms with E-state index in [-0.39, 0.29) is 70.3 Å². The molecule has 1 aliphatic heterocycles. The number of amides is 2. The minimum atomic E-state index is -4.60. The maximum atomic E-state index is 13.7. The summed E-state index contributed by atoms with van der Waals surface area (Å²) in [6.45, 7) is 2.23. The average molecular weight is 718 g/mol. The number of piperazine rings is 1. The molecule has 3 aromatic heterocycles. The van der Waals surface area contributed by atoms with Gasteiger partial charge in [-0.1, -0.05) is 30.1 Å². The van der Waals surface area contributed by atoms with Crippen LogP contribution in [0.25, 0.3) is 5.78 Å². The zero-order chi connectivity index (χ0) is 31.9. The van der Waals surface area contributed by atoms with Crippen LogP contribution in [0.1, 0.15) is 28.7 Å². The van der Waals surface area contributed by atoms with Gasteiger partial charge in [-0.2, -0.15) is 22.7 Å². The highest BCUT2D eigenvalue weighted by molar-refractivity contribution is 9.10. The van der Waals surface area contributed by atoms with Crippen molar-refractivity contribution in [3.63, 3.8) is 0 Å². The van der Waals surface area contributed by atoms with Crippen molar-refractivity contribution in [1.82, 2.24) is 29.0 Å². The number of halogens is 6. The predicted molar refractivity (Wildman–Crippen MR) is 158 cm³/mol. The van der Waals surface area contributed by atoms with Gasteiger partial charge in [0.15, 0.2) is 11.4 Å². The minimum absolute atomic E-state index is 0.00736. The molecular formula is C26H22BrCl2F3N8O4. The summed E-state index contributed by atoms with van der Waals surface area (Å²) in [5, 5.41) is 16.5. The number of pyridine rings is 1. The van der Waals surface area contributed by atoms with E-state index in [1.54, 1.807) is 11.8 Å². The van der Waals surface area contributed by atoms with E-state index in [1.165, 1.54) is 21.7 Å². The highest BCUT2D eigenvalue weighted by Crippen LogP contribution is 2.34. The predicted octanol–water partition coefficient (Wildman–Crippen LogP) is 4.24. The van der Waals surface area contributed by atoms with Crippen molar-refractivity contribution in [2.24, 2.45) is 0 Å².